The first kappa shape index (κ1) is 20.3. The Morgan fingerprint density at radius 3 is 2.50 bits per heavy atom. The molecular formula is C23H16Br2N4O. The second-order valence-corrected chi connectivity index (χ2v) is 8.30. The number of anilines is 3. The zero-order chi connectivity index (χ0) is 20.9. The summed E-state index contributed by atoms with van der Waals surface area (Å²) in [5.41, 5.74) is 3.29. The molecule has 0 fully saturated rings. The third-order valence-electron chi connectivity index (χ3n) is 4.29. The number of nitrogens with one attached hydrogen (secondary N) is 2. The van der Waals surface area contributed by atoms with Crippen molar-refractivity contribution in [2.75, 3.05) is 10.6 Å². The number of aromatic nitrogens is 2. The number of halogens is 2. The van der Waals surface area contributed by atoms with Crippen LogP contribution in [0.4, 0.5) is 17.2 Å². The first-order valence-electron chi connectivity index (χ1n) is 9.09. The molecule has 1 heterocycles. The second-order valence-electron chi connectivity index (χ2n) is 6.46. The molecule has 0 aliphatic rings. The van der Waals surface area contributed by atoms with Gasteiger partial charge in [0.2, 0.25) is 5.91 Å². The summed E-state index contributed by atoms with van der Waals surface area (Å²) < 4.78 is 1.96. The van der Waals surface area contributed by atoms with Gasteiger partial charge in [0.1, 0.15) is 12.1 Å². The Balaban J connectivity index is 1.54. The number of hydrogen-bond donors (Lipinski definition) is 2. The minimum absolute atomic E-state index is 0.212. The fraction of sp³-hybridized carbons (Fsp3) is 0. The molecular weight excluding hydrogens is 508 g/mol. The highest BCUT2D eigenvalue weighted by Gasteiger charge is 2.07. The summed E-state index contributed by atoms with van der Waals surface area (Å²) in [6, 6.07) is 21.1. The van der Waals surface area contributed by atoms with Crippen LogP contribution in [0.2, 0.25) is 0 Å². The van der Waals surface area contributed by atoms with Gasteiger partial charge in [0.25, 0.3) is 0 Å². The van der Waals surface area contributed by atoms with Gasteiger partial charge in [0.05, 0.1) is 5.52 Å². The van der Waals surface area contributed by atoms with E-state index in [1.165, 1.54) is 12.4 Å². The van der Waals surface area contributed by atoms with Crippen molar-refractivity contribution >= 4 is 71.9 Å². The zero-order valence-electron chi connectivity index (χ0n) is 15.6. The fourth-order valence-electron chi connectivity index (χ4n) is 2.87. The molecule has 148 valence electrons. The number of rotatable bonds is 5. The van der Waals surface area contributed by atoms with E-state index in [2.05, 4.69) is 52.5 Å². The van der Waals surface area contributed by atoms with Gasteiger partial charge in [-0.25, -0.2) is 9.97 Å². The maximum absolute atomic E-state index is 12.3. The van der Waals surface area contributed by atoms with E-state index in [1.54, 1.807) is 6.08 Å². The Labute approximate surface area is 190 Å². The highest BCUT2D eigenvalue weighted by Crippen LogP contribution is 2.27. The van der Waals surface area contributed by atoms with Crippen molar-refractivity contribution in [1.82, 2.24) is 9.97 Å². The summed E-state index contributed by atoms with van der Waals surface area (Å²) in [5.74, 6) is 0.454. The van der Waals surface area contributed by atoms with Crippen molar-refractivity contribution in [2.45, 2.75) is 0 Å². The average molecular weight is 524 g/mol. The lowest BCUT2D eigenvalue weighted by atomic mass is 10.2. The number of hydrogen-bond acceptors (Lipinski definition) is 4. The first-order chi connectivity index (χ1) is 14.6. The van der Waals surface area contributed by atoms with Gasteiger partial charge in [0, 0.05) is 31.8 Å². The quantitative estimate of drug-likeness (QED) is 0.291. The molecule has 0 aliphatic heterocycles. The van der Waals surface area contributed by atoms with Crippen LogP contribution < -0.4 is 10.6 Å². The van der Waals surface area contributed by atoms with Crippen LogP contribution in [0.5, 0.6) is 0 Å². The first-order valence-corrected chi connectivity index (χ1v) is 10.7. The Hall–Kier alpha value is -3.03. The van der Waals surface area contributed by atoms with Gasteiger partial charge in [0.15, 0.2) is 0 Å². The monoisotopic (exact) mass is 522 g/mol. The van der Waals surface area contributed by atoms with E-state index >= 15 is 0 Å². The molecule has 3 aromatic carbocycles. The van der Waals surface area contributed by atoms with Crippen molar-refractivity contribution in [1.29, 1.82) is 0 Å². The van der Waals surface area contributed by atoms with Crippen molar-refractivity contribution in [3.63, 3.8) is 0 Å². The highest BCUT2D eigenvalue weighted by atomic mass is 79.9. The van der Waals surface area contributed by atoms with E-state index in [4.69, 9.17) is 0 Å². The molecule has 0 aliphatic carbocycles. The van der Waals surface area contributed by atoms with E-state index in [0.717, 1.165) is 31.1 Å². The van der Waals surface area contributed by atoms with Gasteiger partial charge in [-0.05, 0) is 60.2 Å². The van der Waals surface area contributed by atoms with Gasteiger partial charge in [-0.2, -0.15) is 0 Å². The predicted octanol–water partition coefficient (Wildman–Crippen LogP) is 6.55. The largest absolute Gasteiger partial charge is 0.340 e. The minimum Gasteiger partial charge on any atom is -0.340 e. The van der Waals surface area contributed by atoms with Crippen LogP contribution in [0.15, 0.2) is 88.1 Å². The maximum atomic E-state index is 12.3. The lowest BCUT2D eigenvalue weighted by Gasteiger charge is -2.10. The minimum atomic E-state index is -0.212. The molecule has 1 aromatic heterocycles. The van der Waals surface area contributed by atoms with Crippen LogP contribution in [-0.2, 0) is 4.79 Å². The smallest absolute Gasteiger partial charge is 0.248 e. The fourth-order valence-corrected chi connectivity index (χ4v) is 3.53. The molecule has 2 N–H and O–H groups in total. The van der Waals surface area contributed by atoms with Crippen LogP contribution in [0, 0.1) is 0 Å². The summed E-state index contributed by atoms with van der Waals surface area (Å²) in [6.45, 7) is 0. The van der Waals surface area contributed by atoms with Gasteiger partial charge < -0.3 is 10.6 Å². The highest BCUT2D eigenvalue weighted by molar-refractivity contribution is 9.10. The molecule has 0 saturated heterocycles. The number of carbonyl (C=O) groups is 1. The van der Waals surface area contributed by atoms with E-state index in [0.29, 0.717) is 11.5 Å². The Morgan fingerprint density at radius 2 is 1.70 bits per heavy atom. The molecule has 7 heteroatoms. The molecule has 0 radical (unpaired) electrons. The number of amides is 1. The van der Waals surface area contributed by atoms with E-state index in [9.17, 15) is 4.79 Å². The van der Waals surface area contributed by atoms with Crippen molar-refractivity contribution in [3.05, 3.63) is 93.6 Å². The van der Waals surface area contributed by atoms with Crippen molar-refractivity contribution in [2.24, 2.45) is 0 Å². The topological polar surface area (TPSA) is 66.9 Å². The molecule has 0 unspecified atom stereocenters. The van der Waals surface area contributed by atoms with Crippen LogP contribution in [0.25, 0.3) is 17.0 Å². The zero-order valence-corrected chi connectivity index (χ0v) is 18.8. The Bertz CT molecular complexity index is 1240. The molecule has 4 rings (SSSR count). The third-order valence-corrected chi connectivity index (χ3v) is 5.31. The average Bonchev–Trinajstić information content (AvgIpc) is 2.74. The summed E-state index contributed by atoms with van der Waals surface area (Å²) in [4.78, 5) is 21.0. The lowest BCUT2D eigenvalue weighted by molar-refractivity contribution is -0.111. The van der Waals surface area contributed by atoms with E-state index in [-0.39, 0.29) is 5.91 Å². The van der Waals surface area contributed by atoms with Crippen LogP contribution in [-0.4, -0.2) is 15.9 Å². The standard InChI is InChI=1S/C23H16Br2N4O/c24-16-7-4-15(5-8-16)6-11-22(30)28-19-9-10-21-20(13-19)23(27-14-26-21)29-18-3-1-2-17(25)12-18/h1-14H,(H,28,30)(H,26,27,29)/b11-6+. The number of fused-ring (bicyclic) bond motifs is 1. The summed E-state index contributed by atoms with van der Waals surface area (Å²) in [6.07, 6.45) is 4.80. The van der Waals surface area contributed by atoms with Gasteiger partial charge >= 0.3 is 0 Å². The predicted molar refractivity (Wildman–Crippen MR) is 129 cm³/mol. The molecule has 0 spiro atoms. The lowest BCUT2D eigenvalue weighted by Crippen LogP contribution is -2.07. The van der Waals surface area contributed by atoms with Gasteiger partial charge in [-0.15, -0.1) is 0 Å². The summed E-state index contributed by atoms with van der Waals surface area (Å²) in [5, 5.41) is 7.01. The number of benzene rings is 3. The van der Waals surface area contributed by atoms with Crippen LogP contribution >= 0.6 is 31.9 Å². The van der Waals surface area contributed by atoms with Crippen molar-refractivity contribution < 1.29 is 4.79 Å². The van der Waals surface area contributed by atoms with Crippen LogP contribution in [0.1, 0.15) is 5.56 Å². The molecule has 4 aromatic rings. The molecule has 30 heavy (non-hydrogen) atoms. The molecule has 0 atom stereocenters. The van der Waals surface area contributed by atoms with E-state index in [1.807, 2.05) is 66.7 Å². The molecule has 0 saturated carbocycles. The second kappa shape index (κ2) is 9.19. The van der Waals surface area contributed by atoms with Crippen LogP contribution in [0.3, 0.4) is 0 Å². The van der Waals surface area contributed by atoms with Gasteiger partial charge in [-0.3, -0.25) is 4.79 Å². The SMILES string of the molecule is O=C(/C=C/c1ccc(Br)cc1)Nc1ccc2ncnc(Nc3cccc(Br)c3)c2c1. The maximum Gasteiger partial charge on any atom is 0.248 e. The number of carbonyl (C=O) groups excluding carboxylic acids is 1. The Morgan fingerprint density at radius 1 is 0.867 bits per heavy atom. The van der Waals surface area contributed by atoms with Gasteiger partial charge in [-0.1, -0.05) is 50.1 Å². The summed E-state index contributed by atoms with van der Waals surface area (Å²) in [7, 11) is 0. The molecule has 5 nitrogen and oxygen atoms in total. The molecule has 1 amide bonds. The Kier molecular flexibility index (Phi) is 6.21. The third kappa shape index (κ3) is 5.11. The summed E-state index contributed by atoms with van der Waals surface area (Å²) >= 11 is 6.87. The van der Waals surface area contributed by atoms with Crippen molar-refractivity contribution in [3.8, 4) is 0 Å². The normalized spacial score (nSPS) is 11.0. The van der Waals surface area contributed by atoms with E-state index < -0.39 is 0 Å². The molecule has 0 bridgehead atoms. The number of nitrogens with zero attached hydrogens (tertiary/aromatic N) is 2.